The van der Waals surface area contributed by atoms with Gasteiger partial charge in [0.15, 0.2) is 0 Å². The van der Waals surface area contributed by atoms with Gasteiger partial charge in [-0.05, 0) is 13.1 Å². The van der Waals surface area contributed by atoms with Gasteiger partial charge in [-0.1, -0.05) is 18.2 Å². The van der Waals surface area contributed by atoms with Gasteiger partial charge >= 0.3 is 0 Å². The standard InChI is InChI=1S/C17H22N2O3/c1-18-10-13(17(20)19-6-8-21-9-7-19)14-11-22-15-5-3-2-4-12(15)16(14)18/h2-5,13-14,16H,6-11H2,1H3/t13-,14+,16+/m1/s1. The van der Waals surface area contributed by atoms with Gasteiger partial charge in [0.05, 0.1) is 25.7 Å². The summed E-state index contributed by atoms with van der Waals surface area (Å²) in [5.41, 5.74) is 1.22. The molecule has 2 fully saturated rings. The number of morpholine rings is 1. The molecular formula is C17H22N2O3. The first-order chi connectivity index (χ1) is 10.8. The highest BCUT2D eigenvalue weighted by atomic mass is 16.5. The minimum atomic E-state index is 0.0291. The number of likely N-dealkylation sites (tertiary alicyclic amines) is 1. The molecule has 3 atom stereocenters. The van der Waals surface area contributed by atoms with Crippen molar-refractivity contribution in [2.75, 3.05) is 46.5 Å². The second-order valence-electron chi connectivity index (χ2n) is 6.44. The third-order valence-corrected chi connectivity index (χ3v) is 5.19. The molecule has 0 bridgehead atoms. The fraction of sp³-hybridized carbons (Fsp3) is 0.588. The summed E-state index contributed by atoms with van der Waals surface area (Å²) in [6.07, 6.45) is 0. The van der Waals surface area contributed by atoms with Crippen molar-refractivity contribution in [3.8, 4) is 5.75 Å². The second-order valence-corrected chi connectivity index (χ2v) is 6.44. The number of para-hydroxylation sites is 1. The quantitative estimate of drug-likeness (QED) is 0.781. The van der Waals surface area contributed by atoms with Crippen LogP contribution >= 0.6 is 0 Å². The van der Waals surface area contributed by atoms with Gasteiger partial charge < -0.3 is 14.4 Å². The predicted molar refractivity (Wildman–Crippen MR) is 81.7 cm³/mol. The number of benzene rings is 1. The molecule has 2 saturated heterocycles. The molecule has 1 amide bonds. The van der Waals surface area contributed by atoms with Crippen LogP contribution in [0.15, 0.2) is 24.3 Å². The summed E-state index contributed by atoms with van der Waals surface area (Å²) >= 11 is 0. The molecule has 118 valence electrons. The number of fused-ring (bicyclic) bond motifs is 3. The van der Waals surface area contributed by atoms with Crippen LogP contribution in [0.2, 0.25) is 0 Å². The number of ether oxygens (including phenoxy) is 2. The van der Waals surface area contributed by atoms with Crippen molar-refractivity contribution in [3.63, 3.8) is 0 Å². The summed E-state index contributed by atoms with van der Waals surface area (Å²) < 4.78 is 11.3. The zero-order valence-corrected chi connectivity index (χ0v) is 12.9. The Hall–Kier alpha value is -1.59. The van der Waals surface area contributed by atoms with Gasteiger partial charge in [-0.3, -0.25) is 9.69 Å². The molecule has 0 saturated carbocycles. The van der Waals surface area contributed by atoms with Gasteiger partial charge in [0.2, 0.25) is 5.91 Å². The van der Waals surface area contributed by atoms with E-state index in [1.54, 1.807) is 0 Å². The molecule has 1 aromatic carbocycles. The van der Waals surface area contributed by atoms with E-state index >= 15 is 0 Å². The first-order valence-electron chi connectivity index (χ1n) is 8.04. The van der Waals surface area contributed by atoms with Gasteiger partial charge in [0, 0.05) is 37.2 Å². The van der Waals surface area contributed by atoms with Crippen LogP contribution in [0, 0.1) is 11.8 Å². The van der Waals surface area contributed by atoms with Crippen molar-refractivity contribution in [1.82, 2.24) is 9.80 Å². The molecule has 5 heteroatoms. The number of carbonyl (C=O) groups excluding carboxylic acids is 1. The minimum absolute atomic E-state index is 0.0291. The Morgan fingerprint density at radius 1 is 1.23 bits per heavy atom. The van der Waals surface area contributed by atoms with E-state index in [-0.39, 0.29) is 17.7 Å². The van der Waals surface area contributed by atoms with Crippen LogP contribution in [0.1, 0.15) is 11.6 Å². The lowest BCUT2D eigenvalue weighted by molar-refractivity contribution is -0.141. The van der Waals surface area contributed by atoms with Crippen molar-refractivity contribution in [2.24, 2.45) is 11.8 Å². The molecule has 0 N–H and O–H groups in total. The summed E-state index contributed by atoms with van der Waals surface area (Å²) in [5, 5.41) is 0. The monoisotopic (exact) mass is 302 g/mol. The number of hydrogen-bond acceptors (Lipinski definition) is 4. The van der Waals surface area contributed by atoms with E-state index in [2.05, 4.69) is 24.1 Å². The molecule has 4 rings (SSSR count). The van der Waals surface area contributed by atoms with Crippen molar-refractivity contribution < 1.29 is 14.3 Å². The van der Waals surface area contributed by atoms with E-state index in [4.69, 9.17) is 9.47 Å². The van der Waals surface area contributed by atoms with Crippen LogP contribution < -0.4 is 4.74 Å². The average Bonchev–Trinajstić information content (AvgIpc) is 2.92. The molecular weight excluding hydrogens is 280 g/mol. The van der Waals surface area contributed by atoms with E-state index in [0.29, 0.717) is 39.0 Å². The molecule has 5 nitrogen and oxygen atoms in total. The molecule has 0 unspecified atom stereocenters. The molecule has 0 aromatic heterocycles. The van der Waals surface area contributed by atoms with Crippen LogP contribution in [0.25, 0.3) is 0 Å². The molecule has 3 heterocycles. The Kier molecular flexibility index (Phi) is 3.54. The van der Waals surface area contributed by atoms with Gasteiger partial charge in [0.25, 0.3) is 0 Å². The summed E-state index contributed by atoms with van der Waals surface area (Å²) in [6.45, 7) is 4.18. The normalized spacial score (nSPS) is 31.3. The fourth-order valence-electron chi connectivity index (χ4n) is 4.10. The maximum absolute atomic E-state index is 12.9. The highest BCUT2D eigenvalue weighted by molar-refractivity contribution is 5.80. The Morgan fingerprint density at radius 2 is 2.00 bits per heavy atom. The van der Waals surface area contributed by atoms with E-state index in [9.17, 15) is 4.79 Å². The maximum Gasteiger partial charge on any atom is 0.227 e. The van der Waals surface area contributed by atoms with Gasteiger partial charge in [-0.2, -0.15) is 0 Å². The smallest absolute Gasteiger partial charge is 0.227 e. The summed E-state index contributed by atoms with van der Waals surface area (Å²) in [4.78, 5) is 17.2. The first kappa shape index (κ1) is 14.0. The summed E-state index contributed by atoms with van der Waals surface area (Å²) in [5.74, 6) is 1.51. The molecule has 0 aliphatic carbocycles. The molecule has 0 spiro atoms. The van der Waals surface area contributed by atoms with E-state index in [0.717, 1.165) is 12.3 Å². The van der Waals surface area contributed by atoms with Crippen molar-refractivity contribution >= 4 is 5.91 Å². The number of carbonyl (C=O) groups is 1. The second kappa shape index (κ2) is 5.56. The Balaban J connectivity index is 1.59. The highest BCUT2D eigenvalue weighted by Gasteiger charge is 2.48. The number of amides is 1. The van der Waals surface area contributed by atoms with Crippen LogP contribution in [-0.4, -0.2) is 62.2 Å². The Labute approximate surface area is 130 Å². The highest BCUT2D eigenvalue weighted by Crippen LogP contribution is 2.46. The van der Waals surface area contributed by atoms with Crippen LogP contribution in [0.5, 0.6) is 5.75 Å². The fourth-order valence-corrected chi connectivity index (χ4v) is 4.10. The molecule has 3 aliphatic heterocycles. The Bertz CT molecular complexity index is 571. The number of rotatable bonds is 1. The van der Waals surface area contributed by atoms with Crippen molar-refractivity contribution in [2.45, 2.75) is 6.04 Å². The lowest BCUT2D eigenvalue weighted by atomic mass is 9.84. The van der Waals surface area contributed by atoms with Crippen molar-refractivity contribution in [1.29, 1.82) is 0 Å². The van der Waals surface area contributed by atoms with Crippen LogP contribution in [0.4, 0.5) is 0 Å². The summed E-state index contributed by atoms with van der Waals surface area (Å²) in [7, 11) is 2.12. The minimum Gasteiger partial charge on any atom is -0.493 e. The van der Waals surface area contributed by atoms with E-state index < -0.39 is 0 Å². The van der Waals surface area contributed by atoms with Gasteiger partial charge in [0.1, 0.15) is 5.75 Å². The third kappa shape index (κ3) is 2.20. The third-order valence-electron chi connectivity index (χ3n) is 5.19. The SMILES string of the molecule is CN1C[C@@H](C(=O)N2CCOCC2)[C@@H]2COc3ccccc3[C@@H]21. The number of hydrogen-bond donors (Lipinski definition) is 0. The van der Waals surface area contributed by atoms with Gasteiger partial charge in [-0.15, -0.1) is 0 Å². The van der Waals surface area contributed by atoms with Gasteiger partial charge in [-0.25, -0.2) is 0 Å². The summed E-state index contributed by atoms with van der Waals surface area (Å²) in [6, 6.07) is 8.50. The predicted octanol–water partition coefficient (Wildman–Crippen LogP) is 1.16. The number of nitrogens with zero attached hydrogens (tertiary/aromatic N) is 2. The van der Waals surface area contributed by atoms with E-state index in [1.807, 2.05) is 17.0 Å². The largest absolute Gasteiger partial charge is 0.493 e. The zero-order chi connectivity index (χ0) is 15.1. The lowest BCUT2D eigenvalue weighted by Crippen LogP contribution is -2.46. The van der Waals surface area contributed by atoms with Crippen molar-refractivity contribution in [3.05, 3.63) is 29.8 Å². The lowest BCUT2D eigenvalue weighted by Gasteiger charge is -2.34. The van der Waals surface area contributed by atoms with Crippen LogP contribution in [-0.2, 0) is 9.53 Å². The first-order valence-corrected chi connectivity index (χ1v) is 8.04. The molecule has 3 aliphatic rings. The molecule has 1 aromatic rings. The Morgan fingerprint density at radius 3 is 2.82 bits per heavy atom. The molecule has 0 radical (unpaired) electrons. The zero-order valence-electron chi connectivity index (χ0n) is 12.9. The average molecular weight is 302 g/mol. The van der Waals surface area contributed by atoms with Crippen LogP contribution in [0.3, 0.4) is 0 Å². The molecule has 22 heavy (non-hydrogen) atoms. The van der Waals surface area contributed by atoms with E-state index in [1.165, 1.54) is 5.56 Å². The topological polar surface area (TPSA) is 42.0 Å². The maximum atomic E-state index is 12.9.